The van der Waals surface area contributed by atoms with Crippen LogP contribution in [-0.2, 0) is 14.4 Å². The molecule has 0 aromatic heterocycles. The van der Waals surface area contributed by atoms with Crippen LogP contribution in [0.5, 0.6) is 0 Å². The third-order valence-corrected chi connectivity index (χ3v) is 3.26. The number of carbonyl (C=O) groups excluding carboxylic acids is 2. The van der Waals surface area contributed by atoms with Crippen LogP contribution in [0.2, 0.25) is 0 Å². The van der Waals surface area contributed by atoms with E-state index in [2.05, 4.69) is 10.6 Å². The molecule has 20 heavy (non-hydrogen) atoms. The molecule has 6 heteroatoms. The zero-order valence-corrected chi connectivity index (χ0v) is 12.4. The van der Waals surface area contributed by atoms with Crippen molar-refractivity contribution in [2.24, 2.45) is 11.3 Å². The predicted octanol–water partition coefficient (Wildman–Crippen LogP) is 0.908. The number of hydrogen-bond acceptors (Lipinski definition) is 3. The minimum atomic E-state index is -0.920. The Kier molecular flexibility index (Phi) is 5.53. The van der Waals surface area contributed by atoms with Gasteiger partial charge in [0.05, 0.1) is 12.3 Å². The van der Waals surface area contributed by atoms with Gasteiger partial charge >= 0.3 is 5.97 Å². The highest BCUT2D eigenvalue weighted by Crippen LogP contribution is 2.23. The molecule has 0 bridgehead atoms. The number of carboxylic acid groups (broad SMARTS) is 1. The fraction of sp³-hybridized carbons (Fsp3) is 0.786. The highest BCUT2D eigenvalue weighted by Gasteiger charge is 2.28. The van der Waals surface area contributed by atoms with Gasteiger partial charge in [-0.05, 0) is 18.3 Å². The molecule has 6 nitrogen and oxygen atoms in total. The number of nitrogens with one attached hydrogen (secondary N) is 2. The smallest absolute Gasteiger partial charge is 0.305 e. The topological polar surface area (TPSA) is 95.5 Å². The summed E-state index contributed by atoms with van der Waals surface area (Å²) in [7, 11) is 0. The van der Waals surface area contributed by atoms with Crippen molar-refractivity contribution in [3.05, 3.63) is 0 Å². The van der Waals surface area contributed by atoms with Gasteiger partial charge in [0, 0.05) is 19.0 Å². The fourth-order valence-electron chi connectivity index (χ4n) is 2.40. The van der Waals surface area contributed by atoms with E-state index in [1.165, 1.54) is 0 Å². The Hall–Kier alpha value is -1.59. The molecule has 1 heterocycles. The lowest BCUT2D eigenvalue weighted by molar-refractivity contribution is -0.138. The third-order valence-electron chi connectivity index (χ3n) is 3.26. The molecule has 2 amide bonds. The number of piperidine rings is 1. The van der Waals surface area contributed by atoms with Gasteiger partial charge in [-0.3, -0.25) is 14.4 Å². The van der Waals surface area contributed by atoms with Crippen LogP contribution < -0.4 is 10.6 Å². The maximum atomic E-state index is 12.1. The average Bonchev–Trinajstić information content (AvgIpc) is 2.26. The number of carbonyl (C=O) groups is 3. The van der Waals surface area contributed by atoms with Crippen molar-refractivity contribution in [1.82, 2.24) is 10.6 Å². The molecule has 114 valence electrons. The number of aliphatic carboxylic acids is 1. The highest BCUT2D eigenvalue weighted by atomic mass is 16.4. The van der Waals surface area contributed by atoms with E-state index in [1.807, 2.05) is 20.8 Å². The lowest BCUT2D eigenvalue weighted by Gasteiger charge is -2.28. The van der Waals surface area contributed by atoms with Crippen LogP contribution in [0.1, 0.15) is 46.5 Å². The van der Waals surface area contributed by atoms with Gasteiger partial charge in [0.25, 0.3) is 0 Å². The Morgan fingerprint density at radius 2 is 2.10 bits per heavy atom. The fourth-order valence-corrected chi connectivity index (χ4v) is 2.40. The Morgan fingerprint density at radius 1 is 1.45 bits per heavy atom. The minimum Gasteiger partial charge on any atom is -0.481 e. The number of amides is 2. The van der Waals surface area contributed by atoms with Crippen LogP contribution in [0.3, 0.4) is 0 Å². The van der Waals surface area contributed by atoms with Crippen molar-refractivity contribution in [2.45, 2.75) is 52.5 Å². The van der Waals surface area contributed by atoms with E-state index in [9.17, 15) is 14.4 Å². The lowest BCUT2D eigenvalue weighted by Crippen LogP contribution is -2.47. The summed E-state index contributed by atoms with van der Waals surface area (Å²) in [6.07, 6.45) is 1.39. The summed E-state index contributed by atoms with van der Waals surface area (Å²) < 4.78 is 0. The second kappa shape index (κ2) is 6.72. The predicted molar refractivity (Wildman–Crippen MR) is 74.0 cm³/mol. The van der Waals surface area contributed by atoms with Crippen molar-refractivity contribution in [2.75, 3.05) is 6.54 Å². The monoisotopic (exact) mass is 284 g/mol. The van der Waals surface area contributed by atoms with Crippen LogP contribution >= 0.6 is 0 Å². The van der Waals surface area contributed by atoms with Crippen molar-refractivity contribution in [3.8, 4) is 0 Å². The van der Waals surface area contributed by atoms with E-state index >= 15 is 0 Å². The van der Waals surface area contributed by atoms with E-state index in [0.29, 0.717) is 25.8 Å². The molecule has 2 unspecified atom stereocenters. The average molecular weight is 284 g/mol. The van der Waals surface area contributed by atoms with Gasteiger partial charge in [-0.2, -0.15) is 0 Å². The first kappa shape index (κ1) is 16.5. The lowest BCUT2D eigenvalue weighted by atomic mass is 9.86. The van der Waals surface area contributed by atoms with Gasteiger partial charge in [-0.1, -0.05) is 20.8 Å². The first-order chi connectivity index (χ1) is 9.17. The first-order valence-corrected chi connectivity index (χ1v) is 6.96. The molecule has 1 saturated heterocycles. The summed E-state index contributed by atoms with van der Waals surface area (Å²) in [6.45, 7) is 6.36. The number of rotatable bonds is 5. The Morgan fingerprint density at radius 3 is 2.55 bits per heavy atom. The Labute approximate surface area is 119 Å². The quantitative estimate of drug-likeness (QED) is 0.699. The maximum absolute atomic E-state index is 12.1. The summed E-state index contributed by atoms with van der Waals surface area (Å²) in [5.41, 5.74) is -0.0613. The van der Waals surface area contributed by atoms with E-state index < -0.39 is 5.97 Å². The van der Waals surface area contributed by atoms with Crippen molar-refractivity contribution < 1.29 is 19.5 Å². The van der Waals surface area contributed by atoms with Crippen molar-refractivity contribution >= 4 is 17.8 Å². The zero-order chi connectivity index (χ0) is 15.3. The molecule has 3 N–H and O–H groups in total. The molecular weight excluding hydrogens is 260 g/mol. The second-order valence-electron chi connectivity index (χ2n) is 6.61. The van der Waals surface area contributed by atoms with Gasteiger partial charge in [0.2, 0.25) is 11.8 Å². The molecule has 1 fully saturated rings. The molecule has 0 radical (unpaired) electrons. The van der Waals surface area contributed by atoms with E-state index in [0.717, 1.165) is 0 Å². The molecular formula is C14H24N2O4. The SMILES string of the molecule is CC(C)(C)CC(CC(=O)O)NC(=O)C1CCC(=O)NC1. The van der Waals surface area contributed by atoms with Gasteiger partial charge in [-0.25, -0.2) is 0 Å². The number of carboxylic acids is 1. The molecule has 0 aromatic carbocycles. The zero-order valence-electron chi connectivity index (χ0n) is 12.4. The second-order valence-corrected chi connectivity index (χ2v) is 6.61. The maximum Gasteiger partial charge on any atom is 0.305 e. The Balaban J connectivity index is 2.57. The molecule has 0 saturated carbocycles. The van der Waals surface area contributed by atoms with Gasteiger partial charge < -0.3 is 15.7 Å². The van der Waals surface area contributed by atoms with Crippen LogP contribution in [0.15, 0.2) is 0 Å². The normalized spacial score (nSPS) is 20.9. The standard InChI is InChI=1S/C14H24N2O4/c1-14(2,3)7-10(6-12(18)19)16-13(20)9-4-5-11(17)15-8-9/h9-10H,4-8H2,1-3H3,(H,15,17)(H,16,20)(H,18,19). The van der Waals surface area contributed by atoms with Crippen LogP contribution in [0.25, 0.3) is 0 Å². The van der Waals surface area contributed by atoms with Gasteiger partial charge in [-0.15, -0.1) is 0 Å². The van der Waals surface area contributed by atoms with E-state index in [1.54, 1.807) is 0 Å². The van der Waals surface area contributed by atoms with Crippen LogP contribution in [0, 0.1) is 11.3 Å². The summed E-state index contributed by atoms with van der Waals surface area (Å²) in [5.74, 6) is -1.38. The number of hydrogen-bond donors (Lipinski definition) is 3. The molecule has 1 rings (SSSR count). The van der Waals surface area contributed by atoms with Gasteiger partial charge in [0.15, 0.2) is 0 Å². The molecule has 2 atom stereocenters. The molecule has 1 aliphatic heterocycles. The largest absolute Gasteiger partial charge is 0.481 e. The summed E-state index contributed by atoms with van der Waals surface area (Å²) in [4.78, 5) is 34.1. The van der Waals surface area contributed by atoms with Crippen LogP contribution in [0.4, 0.5) is 0 Å². The molecule has 1 aliphatic rings. The first-order valence-electron chi connectivity index (χ1n) is 6.96. The Bertz CT molecular complexity index is 377. The van der Waals surface area contributed by atoms with Crippen molar-refractivity contribution in [1.29, 1.82) is 0 Å². The molecule has 0 spiro atoms. The summed E-state index contributed by atoms with van der Waals surface area (Å²) in [6, 6.07) is -0.377. The van der Waals surface area contributed by atoms with E-state index in [-0.39, 0.29) is 35.6 Å². The third kappa shape index (κ3) is 6.04. The van der Waals surface area contributed by atoms with Crippen molar-refractivity contribution in [3.63, 3.8) is 0 Å². The highest BCUT2D eigenvalue weighted by molar-refractivity contribution is 5.84. The van der Waals surface area contributed by atoms with Crippen LogP contribution in [-0.4, -0.2) is 35.5 Å². The summed E-state index contributed by atoms with van der Waals surface area (Å²) in [5, 5.41) is 14.4. The molecule has 0 aromatic rings. The summed E-state index contributed by atoms with van der Waals surface area (Å²) >= 11 is 0. The molecule has 0 aliphatic carbocycles. The minimum absolute atomic E-state index is 0.0363. The van der Waals surface area contributed by atoms with Gasteiger partial charge in [0.1, 0.15) is 0 Å². The van der Waals surface area contributed by atoms with E-state index in [4.69, 9.17) is 5.11 Å².